The lowest BCUT2D eigenvalue weighted by Crippen LogP contribution is -2.27. The Morgan fingerprint density at radius 3 is 1.78 bits per heavy atom. The van der Waals surface area contributed by atoms with E-state index >= 15 is 0 Å². The van der Waals surface area contributed by atoms with Crippen LogP contribution in [0.2, 0.25) is 0 Å². The Labute approximate surface area is 113 Å². The molecule has 0 aromatic rings. The molecule has 3 nitrogen and oxygen atoms in total. The van der Waals surface area contributed by atoms with Gasteiger partial charge in [-0.3, -0.25) is 0 Å². The van der Waals surface area contributed by atoms with E-state index < -0.39 is 0 Å². The molecule has 0 saturated heterocycles. The fourth-order valence-electron chi connectivity index (χ4n) is 2.34. The van der Waals surface area contributed by atoms with Crippen LogP contribution in [-0.4, -0.2) is 40.6 Å². The van der Waals surface area contributed by atoms with Crippen molar-refractivity contribution >= 4 is 0 Å². The van der Waals surface area contributed by atoms with Crippen LogP contribution in [0, 0.1) is 5.41 Å². The first-order chi connectivity index (χ1) is 8.74. The van der Waals surface area contributed by atoms with E-state index in [0.29, 0.717) is 5.41 Å². The Balaban J connectivity index is 4.20. The van der Waals surface area contributed by atoms with Gasteiger partial charge in [-0.1, -0.05) is 13.8 Å². The molecule has 18 heavy (non-hydrogen) atoms. The molecule has 0 bridgehead atoms. The second-order valence-corrected chi connectivity index (χ2v) is 5.10. The normalized spacial score (nSPS) is 12.0. The van der Waals surface area contributed by atoms with Crippen LogP contribution >= 0.6 is 0 Å². The largest absolute Gasteiger partial charge is 0.385 e. The van der Waals surface area contributed by atoms with E-state index in [4.69, 9.17) is 14.2 Å². The average molecular weight is 260 g/mol. The fraction of sp³-hybridized carbons (Fsp3) is 1.00. The van der Waals surface area contributed by atoms with Gasteiger partial charge < -0.3 is 14.2 Å². The third-order valence-electron chi connectivity index (χ3n) is 3.62. The number of hydrogen-bond acceptors (Lipinski definition) is 3. The third-order valence-corrected chi connectivity index (χ3v) is 3.62. The van der Waals surface area contributed by atoms with Crippen molar-refractivity contribution in [2.45, 2.75) is 52.4 Å². The summed E-state index contributed by atoms with van der Waals surface area (Å²) in [5.74, 6) is 0. The number of rotatable bonds is 13. The van der Waals surface area contributed by atoms with Crippen LogP contribution in [0.1, 0.15) is 52.4 Å². The minimum Gasteiger partial charge on any atom is -0.385 e. The monoisotopic (exact) mass is 260 g/mol. The maximum atomic E-state index is 5.82. The zero-order valence-electron chi connectivity index (χ0n) is 12.8. The van der Waals surface area contributed by atoms with E-state index in [9.17, 15) is 0 Å². The molecule has 0 amide bonds. The Kier molecular flexibility index (Phi) is 11.9. The zero-order chi connectivity index (χ0) is 13.7. The number of hydrogen-bond donors (Lipinski definition) is 0. The SMILES string of the molecule is CCCOCC(CC)(CCCOC)CCCOC. The van der Waals surface area contributed by atoms with Crippen molar-refractivity contribution in [2.24, 2.45) is 5.41 Å². The second kappa shape index (κ2) is 11.9. The molecule has 0 spiro atoms. The van der Waals surface area contributed by atoms with Crippen LogP contribution in [0.4, 0.5) is 0 Å². The van der Waals surface area contributed by atoms with Gasteiger partial charge in [0.05, 0.1) is 6.61 Å². The molecule has 0 saturated carbocycles. The molecular formula is C15H32O3. The predicted molar refractivity (Wildman–Crippen MR) is 76.1 cm³/mol. The molecule has 0 heterocycles. The van der Waals surface area contributed by atoms with Gasteiger partial charge in [0.1, 0.15) is 0 Å². The summed E-state index contributed by atoms with van der Waals surface area (Å²) in [4.78, 5) is 0. The highest BCUT2D eigenvalue weighted by Gasteiger charge is 2.27. The highest BCUT2D eigenvalue weighted by Crippen LogP contribution is 2.34. The quantitative estimate of drug-likeness (QED) is 0.473. The molecule has 0 rings (SSSR count). The first-order valence-electron chi connectivity index (χ1n) is 7.30. The van der Waals surface area contributed by atoms with E-state index in [1.807, 2.05) is 0 Å². The van der Waals surface area contributed by atoms with Crippen molar-refractivity contribution in [3.05, 3.63) is 0 Å². The van der Waals surface area contributed by atoms with Gasteiger partial charge >= 0.3 is 0 Å². The summed E-state index contributed by atoms with van der Waals surface area (Å²) < 4.78 is 16.2. The molecule has 110 valence electrons. The van der Waals surface area contributed by atoms with Crippen LogP contribution in [0.3, 0.4) is 0 Å². The van der Waals surface area contributed by atoms with Crippen LogP contribution < -0.4 is 0 Å². The Morgan fingerprint density at radius 2 is 1.39 bits per heavy atom. The predicted octanol–water partition coefficient (Wildman–Crippen LogP) is 3.66. The first kappa shape index (κ1) is 17.9. The molecule has 0 aliphatic carbocycles. The molecule has 0 N–H and O–H groups in total. The summed E-state index contributed by atoms with van der Waals surface area (Å²) in [6.45, 7) is 7.87. The standard InChI is InChI=1S/C15H32O3/c1-5-11-18-14-15(6-2,9-7-12-16-3)10-8-13-17-4/h5-14H2,1-4H3. The van der Waals surface area contributed by atoms with Gasteiger partial charge in [-0.2, -0.15) is 0 Å². The maximum absolute atomic E-state index is 5.82. The molecule has 0 unspecified atom stereocenters. The van der Waals surface area contributed by atoms with Gasteiger partial charge in [0.15, 0.2) is 0 Å². The van der Waals surface area contributed by atoms with Gasteiger partial charge in [0, 0.05) is 34.0 Å². The smallest absolute Gasteiger partial charge is 0.0522 e. The van der Waals surface area contributed by atoms with Crippen LogP contribution in [0.15, 0.2) is 0 Å². The van der Waals surface area contributed by atoms with Crippen molar-refractivity contribution in [3.63, 3.8) is 0 Å². The van der Waals surface area contributed by atoms with E-state index in [1.165, 1.54) is 19.3 Å². The van der Waals surface area contributed by atoms with Gasteiger partial charge in [-0.15, -0.1) is 0 Å². The van der Waals surface area contributed by atoms with Crippen molar-refractivity contribution in [1.29, 1.82) is 0 Å². The lowest BCUT2D eigenvalue weighted by Gasteiger charge is -2.33. The molecule has 0 aromatic heterocycles. The molecular weight excluding hydrogens is 228 g/mol. The average Bonchev–Trinajstić information content (AvgIpc) is 2.39. The maximum Gasteiger partial charge on any atom is 0.0522 e. The fourth-order valence-corrected chi connectivity index (χ4v) is 2.34. The molecule has 0 aromatic carbocycles. The Morgan fingerprint density at radius 1 is 0.833 bits per heavy atom. The van der Waals surface area contributed by atoms with Crippen LogP contribution in [0.5, 0.6) is 0 Å². The number of methoxy groups -OCH3 is 2. The molecule has 0 radical (unpaired) electrons. The first-order valence-corrected chi connectivity index (χ1v) is 7.30. The number of ether oxygens (including phenoxy) is 3. The summed E-state index contributed by atoms with van der Waals surface area (Å²) >= 11 is 0. The topological polar surface area (TPSA) is 27.7 Å². The lowest BCUT2D eigenvalue weighted by atomic mass is 9.77. The second-order valence-electron chi connectivity index (χ2n) is 5.10. The summed E-state index contributed by atoms with van der Waals surface area (Å²) in [6.07, 6.45) is 6.87. The summed E-state index contributed by atoms with van der Waals surface area (Å²) in [7, 11) is 3.54. The van der Waals surface area contributed by atoms with E-state index in [1.54, 1.807) is 14.2 Å². The van der Waals surface area contributed by atoms with Crippen molar-refractivity contribution < 1.29 is 14.2 Å². The van der Waals surface area contributed by atoms with E-state index in [-0.39, 0.29) is 0 Å². The Bertz CT molecular complexity index is 145. The van der Waals surface area contributed by atoms with Crippen molar-refractivity contribution in [1.82, 2.24) is 0 Å². The third kappa shape index (κ3) is 8.06. The van der Waals surface area contributed by atoms with Gasteiger partial charge in [-0.05, 0) is 43.9 Å². The van der Waals surface area contributed by atoms with E-state index in [2.05, 4.69) is 13.8 Å². The zero-order valence-corrected chi connectivity index (χ0v) is 12.8. The highest BCUT2D eigenvalue weighted by molar-refractivity contribution is 4.78. The van der Waals surface area contributed by atoms with Crippen molar-refractivity contribution in [3.8, 4) is 0 Å². The van der Waals surface area contributed by atoms with Gasteiger partial charge in [-0.25, -0.2) is 0 Å². The Hall–Kier alpha value is -0.120. The van der Waals surface area contributed by atoms with Crippen molar-refractivity contribution in [2.75, 3.05) is 40.6 Å². The summed E-state index contributed by atoms with van der Waals surface area (Å²) in [5, 5.41) is 0. The van der Waals surface area contributed by atoms with Gasteiger partial charge in [0.2, 0.25) is 0 Å². The van der Waals surface area contributed by atoms with Crippen LogP contribution in [-0.2, 0) is 14.2 Å². The highest BCUT2D eigenvalue weighted by atomic mass is 16.5. The summed E-state index contributed by atoms with van der Waals surface area (Å²) in [5.41, 5.74) is 0.312. The molecule has 0 aliphatic rings. The minimum atomic E-state index is 0.312. The molecule has 0 fully saturated rings. The van der Waals surface area contributed by atoms with Gasteiger partial charge in [0.25, 0.3) is 0 Å². The lowest BCUT2D eigenvalue weighted by molar-refractivity contribution is 0.0191. The molecule has 3 heteroatoms. The van der Waals surface area contributed by atoms with E-state index in [0.717, 1.165) is 45.7 Å². The molecule has 0 aliphatic heterocycles. The molecule has 0 atom stereocenters. The summed E-state index contributed by atoms with van der Waals surface area (Å²) in [6, 6.07) is 0. The minimum absolute atomic E-state index is 0.312. The van der Waals surface area contributed by atoms with Crippen LogP contribution in [0.25, 0.3) is 0 Å².